The Labute approximate surface area is 160 Å². The number of imidazole rings is 1. The first-order chi connectivity index (χ1) is 13.0. The lowest BCUT2D eigenvalue weighted by atomic mass is 10.2. The lowest BCUT2D eigenvalue weighted by Gasteiger charge is -2.07. The zero-order valence-corrected chi connectivity index (χ0v) is 14.9. The molecule has 6 nitrogen and oxygen atoms in total. The summed E-state index contributed by atoms with van der Waals surface area (Å²) in [7, 11) is 0. The van der Waals surface area contributed by atoms with Gasteiger partial charge in [0.1, 0.15) is 5.82 Å². The minimum Gasteiger partial charge on any atom is -0.399 e. The number of hydrogen-bond donors (Lipinski definition) is 4. The number of carbonyl (C=O) groups excluding carboxylic acids is 1. The van der Waals surface area contributed by atoms with E-state index in [0.29, 0.717) is 39.0 Å². The van der Waals surface area contributed by atoms with Crippen molar-refractivity contribution < 1.29 is 4.79 Å². The van der Waals surface area contributed by atoms with Crippen molar-refractivity contribution in [3.05, 3.63) is 71.2 Å². The van der Waals surface area contributed by atoms with Gasteiger partial charge in [-0.15, -0.1) is 0 Å². The highest BCUT2D eigenvalue weighted by Crippen LogP contribution is 2.29. The van der Waals surface area contributed by atoms with E-state index in [1.807, 2.05) is 24.3 Å². The lowest BCUT2D eigenvalue weighted by molar-refractivity contribution is 0.102. The van der Waals surface area contributed by atoms with Gasteiger partial charge in [-0.1, -0.05) is 11.6 Å². The molecule has 27 heavy (non-hydrogen) atoms. The van der Waals surface area contributed by atoms with Gasteiger partial charge in [-0.05, 0) is 60.7 Å². The number of nitrogens with two attached hydrogens (primary N) is 2. The van der Waals surface area contributed by atoms with Crippen molar-refractivity contribution in [3.8, 4) is 11.4 Å². The topological polar surface area (TPSA) is 110 Å². The third-order valence-corrected chi connectivity index (χ3v) is 4.49. The quantitative estimate of drug-likeness (QED) is 0.399. The number of halogens is 1. The number of aromatic amines is 1. The van der Waals surface area contributed by atoms with Gasteiger partial charge in [0.05, 0.1) is 21.7 Å². The molecule has 0 aliphatic heterocycles. The van der Waals surface area contributed by atoms with E-state index >= 15 is 0 Å². The van der Waals surface area contributed by atoms with Crippen molar-refractivity contribution in [2.45, 2.75) is 0 Å². The highest BCUT2D eigenvalue weighted by atomic mass is 35.5. The maximum Gasteiger partial charge on any atom is 0.255 e. The van der Waals surface area contributed by atoms with Crippen LogP contribution in [0.2, 0.25) is 5.02 Å². The molecule has 0 fully saturated rings. The van der Waals surface area contributed by atoms with E-state index < -0.39 is 0 Å². The summed E-state index contributed by atoms with van der Waals surface area (Å²) in [5.74, 6) is 0.425. The van der Waals surface area contributed by atoms with Crippen molar-refractivity contribution in [1.29, 1.82) is 0 Å². The van der Waals surface area contributed by atoms with Crippen LogP contribution in [0.15, 0.2) is 60.7 Å². The summed E-state index contributed by atoms with van der Waals surface area (Å²) in [4.78, 5) is 20.2. The largest absolute Gasteiger partial charge is 0.399 e. The summed E-state index contributed by atoms with van der Waals surface area (Å²) in [5.41, 5.74) is 16.0. The summed E-state index contributed by atoms with van der Waals surface area (Å²) in [6.07, 6.45) is 0. The van der Waals surface area contributed by atoms with Gasteiger partial charge in [0.15, 0.2) is 0 Å². The molecule has 6 N–H and O–H groups in total. The van der Waals surface area contributed by atoms with Gasteiger partial charge in [-0.25, -0.2) is 4.98 Å². The fourth-order valence-electron chi connectivity index (χ4n) is 2.73. The normalized spacial score (nSPS) is 10.9. The Morgan fingerprint density at radius 3 is 2.26 bits per heavy atom. The van der Waals surface area contributed by atoms with E-state index in [1.165, 1.54) is 0 Å². The second-order valence-electron chi connectivity index (χ2n) is 6.13. The molecule has 7 heteroatoms. The standard InChI is InChI=1S/C20H16ClN5O/c21-15-9-17-18(25-19(24-17)11-1-5-13(22)6-2-11)10-16(15)26-20(27)12-3-7-14(23)8-4-12/h1-10H,22-23H2,(H,24,25)(H,26,27). The van der Waals surface area contributed by atoms with E-state index in [1.54, 1.807) is 36.4 Å². The molecule has 0 saturated heterocycles. The zero-order valence-electron chi connectivity index (χ0n) is 14.2. The number of amides is 1. The van der Waals surface area contributed by atoms with Crippen LogP contribution in [0.4, 0.5) is 17.1 Å². The zero-order chi connectivity index (χ0) is 19.0. The molecule has 1 heterocycles. The van der Waals surface area contributed by atoms with Crippen molar-refractivity contribution in [3.63, 3.8) is 0 Å². The van der Waals surface area contributed by atoms with Gasteiger partial charge in [-0.2, -0.15) is 0 Å². The first-order valence-corrected chi connectivity index (χ1v) is 8.59. The van der Waals surface area contributed by atoms with Gasteiger partial charge in [-0.3, -0.25) is 4.79 Å². The smallest absolute Gasteiger partial charge is 0.255 e. The summed E-state index contributed by atoms with van der Waals surface area (Å²) in [6.45, 7) is 0. The van der Waals surface area contributed by atoms with Crippen LogP contribution in [0.25, 0.3) is 22.4 Å². The highest BCUT2D eigenvalue weighted by Gasteiger charge is 2.12. The molecule has 0 saturated carbocycles. The number of nitrogens with zero attached hydrogens (tertiary/aromatic N) is 1. The number of carbonyl (C=O) groups is 1. The predicted molar refractivity (Wildman–Crippen MR) is 110 cm³/mol. The maximum atomic E-state index is 12.4. The number of H-pyrrole nitrogens is 1. The molecule has 4 rings (SSSR count). The molecule has 1 aromatic heterocycles. The molecular weight excluding hydrogens is 362 g/mol. The van der Waals surface area contributed by atoms with Crippen molar-refractivity contribution in [2.75, 3.05) is 16.8 Å². The SMILES string of the molecule is Nc1ccc(C(=O)Nc2cc3nc(-c4ccc(N)cc4)[nH]c3cc2Cl)cc1. The van der Waals surface area contributed by atoms with Crippen LogP contribution in [0, 0.1) is 0 Å². The number of aromatic nitrogens is 2. The summed E-state index contributed by atoms with van der Waals surface area (Å²) in [6, 6.07) is 17.5. The molecule has 3 aromatic carbocycles. The van der Waals surface area contributed by atoms with Gasteiger partial charge in [0, 0.05) is 22.5 Å². The molecule has 0 aliphatic rings. The number of nitrogen functional groups attached to an aromatic ring is 2. The maximum absolute atomic E-state index is 12.4. The number of fused-ring (bicyclic) bond motifs is 1. The molecule has 0 aliphatic carbocycles. The monoisotopic (exact) mass is 377 g/mol. The van der Waals surface area contributed by atoms with E-state index in [-0.39, 0.29) is 5.91 Å². The summed E-state index contributed by atoms with van der Waals surface area (Å²) >= 11 is 6.34. The average molecular weight is 378 g/mol. The average Bonchev–Trinajstić information content (AvgIpc) is 3.05. The highest BCUT2D eigenvalue weighted by molar-refractivity contribution is 6.34. The molecular formula is C20H16ClN5O. The minimum absolute atomic E-state index is 0.273. The Morgan fingerprint density at radius 2 is 1.59 bits per heavy atom. The van der Waals surface area contributed by atoms with Crippen LogP contribution in [0.3, 0.4) is 0 Å². The van der Waals surface area contributed by atoms with Crippen LogP contribution in [-0.2, 0) is 0 Å². The summed E-state index contributed by atoms with van der Waals surface area (Å²) in [5, 5.41) is 3.23. The van der Waals surface area contributed by atoms with E-state index in [2.05, 4.69) is 15.3 Å². The molecule has 0 bridgehead atoms. The van der Waals surface area contributed by atoms with Gasteiger partial charge in [0.2, 0.25) is 0 Å². The third kappa shape index (κ3) is 3.43. The van der Waals surface area contributed by atoms with Crippen LogP contribution < -0.4 is 16.8 Å². The Hall–Kier alpha value is -3.51. The molecule has 1 amide bonds. The first kappa shape index (κ1) is 16.9. The molecule has 0 unspecified atom stereocenters. The number of anilines is 3. The first-order valence-electron chi connectivity index (χ1n) is 8.22. The number of benzene rings is 3. The second-order valence-corrected chi connectivity index (χ2v) is 6.54. The van der Waals surface area contributed by atoms with Crippen molar-refractivity contribution in [1.82, 2.24) is 9.97 Å². The summed E-state index contributed by atoms with van der Waals surface area (Å²) < 4.78 is 0. The van der Waals surface area contributed by atoms with Gasteiger partial charge in [0.25, 0.3) is 5.91 Å². The predicted octanol–water partition coefficient (Wildman–Crippen LogP) is 4.30. The van der Waals surface area contributed by atoms with Crippen LogP contribution in [0.5, 0.6) is 0 Å². The fraction of sp³-hybridized carbons (Fsp3) is 0. The Bertz CT molecular complexity index is 1130. The van der Waals surface area contributed by atoms with E-state index in [9.17, 15) is 4.79 Å². The van der Waals surface area contributed by atoms with Gasteiger partial charge < -0.3 is 21.8 Å². The Balaban J connectivity index is 1.65. The molecule has 0 spiro atoms. The van der Waals surface area contributed by atoms with Gasteiger partial charge >= 0.3 is 0 Å². The van der Waals surface area contributed by atoms with E-state index in [0.717, 1.165) is 11.1 Å². The number of rotatable bonds is 3. The molecule has 0 radical (unpaired) electrons. The number of nitrogens with one attached hydrogen (secondary N) is 2. The Morgan fingerprint density at radius 1 is 0.963 bits per heavy atom. The second kappa shape index (κ2) is 6.66. The lowest BCUT2D eigenvalue weighted by Crippen LogP contribution is -2.12. The molecule has 134 valence electrons. The fourth-order valence-corrected chi connectivity index (χ4v) is 2.94. The molecule has 0 atom stereocenters. The van der Waals surface area contributed by atoms with Crippen molar-refractivity contribution >= 4 is 45.6 Å². The number of hydrogen-bond acceptors (Lipinski definition) is 4. The minimum atomic E-state index is -0.273. The third-order valence-electron chi connectivity index (χ3n) is 4.18. The van der Waals surface area contributed by atoms with Crippen LogP contribution >= 0.6 is 11.6 Å². The van der Waals surface area contributed by atoms with E-state index in [4.69, 9.17) is 23.1 Å². The molecule has 4 aromatic rings. The Kier molecular flexibility index (Phi) is 4.18. The van der Waals surface area contributed by atoms with Crippen LogP contribution in [-0.4, -0.2) is 15.9 Å². The van der Waals surface area contributed by atoms with Crippen molar-refractivity contribution in [2.24, 2.45) is 0 Å². The van der Waals surface area contributed by atoms with Crippen LogP contribution in [0.1, 0.15) is 10.4 Å².